The van der Waals surface area contributed by atoms with Crippen LogP contribution < -0.4 is 11.5 Å². The quantitative estimate of drug-likeness (QED) is 0.301. The standard InChI is InChI=1S/C9H10N2O5.C5H9NO3/c10-6(9(13)14)3-5-1-2-8(12)7(4-5)11(15)16;6-3-4(7)1-2-5(8)9/h1-2,4,6,12H,3,10H2,(H,13,14);1-3,6H2,(H,8,9). The third-order valence-electron chi connectivity index (χ3n) is 2.85. The summed E-state index contributed by atoms with van der Waals surface area (Å²) in [6.45, 7) is -0.0622. The number of aromatic hydroxyl groups is 1. The van der Waals surface area contributed by atoms with Gasteiger partial charge in [0, 0.05) is 12.5 Å². The highest BCUT2D eigenvalue weighted by Gasteiger charge is 2.17. The van der Waals surface area contributed by atoms with Crippen molar-refractivity contribution in [1.29, 1.82) is 0 Å². The molecule has 0 aliphatic carbocycles. The van der Waals surface area contributed by atoms with Crippen molar-refractivity contribution in [1.82, 2.24) is 0 Å². The third-order valence-corrected chi connectivity index (χ3v) is 2.85. The lowest BCUT2D eigenvalue weighted by Crippen LogP contribution is -2.32. The SMILES string of the molecule is NC(Cc1ccc(O)c([N+](=O)[O-])c1)C(=O)O.NCC(=O)CCC(=O)O. The zero-order chi connectivity index (χ0) is 19.6. The van der Waals surface area contributed by atoms with Crippen molar-refractivity contribution in [3.63, 3.8) is 0 Å². The molecular formula is C14H19N3O8. The molecule has 1 aromatic carbocycles. The van der Waals surface area contributed by atoms with Crippen molar-refractivity contribution >= 4 is 23.4 Å². The van der Waals surface area contributed by atoms with E-state index in [-0.39, 0.29) is 31.6 Å². The van der Waals surface area contributed by atoms with E-state index in [9.17, 15) is 24.5 Å². The number of carbonyl (C=O) groups excluding carboxylic acids is 1. The zero-order valence-electron chi connectivity index (χ0n) is 13.1. The maximum Gasteiger partial charge on any atom is 0.320 e. The number of hydrogen-bond acceptors (Lipinski definition) is 8. The number of carbonyl (C=O) groups is 3. The molecule has 0 saturated heterocycles. The Bertz CT molecular complexity index is 647. The first kappa shape index (κ1) is 21.9. The van der Waals surface area contributed by atoms with Crippen LogP contribution in [0.1, 0.15) is 18.4 Å². The minimum atomic E-state index is -1.18. The molecule has 0 aliphatic heterocycles. The van der Waals surface area contributed by atoms with E-state index in [0.717, 1.165) is 12.1 Å². The molecule has 0 fully saturated rings. The van der Waals surface area contributed by atoms with E-state index in [0.29, 0.717) is 5.56 Å². The van der Waals surface area contributed by atoms with E-state index in [1.807, 2.05) is 0 Å². The second kappa shape index (κ2) is 10.7. The van der Waals surface area contributed by atoms with Crippen LogP contribution in [-0.2, 0) is 20.8 Å². The van der Waals surface area contributed by atoms with Gasteiger partial charge in [-0.1, -0.05) is 6.07 Å². The maximum absolute atomic E-state index is 10.5. The molecule has 0 radical (unpaired) electrons. The summed E-state index contributed by atoms with van der Waals surface area (Å²) in [6, 6.07) is 2.52. The van der Waals surface area contributed by atoms with Crippen LogP contribution in [-0.4, -0.2) is 50.6 Å². The van der Waals surface area contributed by atoms with E-state index >= 15 is 0 Å². The fraction of sp³-hybridized carbons (Fsp3) is 0.357. The highest BCUT2D eigenvalue weighted by molar-refractivity contribution is 5.83. The molecule has 0 saturated carbocycles. The molecule has 0 bridgehead atoms. The number of nitro benzene ring substituents is 1. The lowest BCUT2D eigenvalue weighted by molar-refractivity contribution is -0.385. The largest absolute Gasteiger partial charge is 0.502 e. The first-order valence-electron chi connectivity index (χ1n) is 6.96. The molecule has 11 heteroatoms. The van der Waals surface area contributed by atoms with Gasteiger partial charge in [0.2, 0.25) is 0 Å². The summed E-state index contributed by atoms with van der Waals surface area (Å²) >= 11 is 0. The van der Waals surface area contributed by atoms with Gasteiger partial charge >= 0.3 is 17.6 Å². The van der Waals surface area contributed by atoms with Gasteiger partial charge in [0.05, 0.1) is 17.9 Å². The van der Waals surface area contributed by atoms with Crippen molar-refractivity contribution < 1.29 is 34.6 Å². The zero-order valence-corrected chi connectivity index (χ0v) is 13.1. The first-order chi connectivity index (χ1) is 11.6. The Morgan fingerprint density at radius 3 is 2.24 bits per heavy atom. The van der Waals surface area contributed by atoms with E-state index in [1.54, 1.807) is 0 Å². The van der Waals surface area contributed by atoms with E-state index in [1.165, 1.54) is 6.07 Å². The monoisotopic (exact) mass is 357 g/mol. The van der Waals surface area contributed by atoms with Crippen molar-refractivity contribution in [2.45, 2.75) is 25.3 Å². The lowest BCUT2D eigenvalue weighted by Gasteiger charge is -2.06. The van der Waals surface area contributed by atoms with Gasteiger partial charge in [-0.2, -0.15) is 0 Å². The highest BCUT2D eigenvalue weighted by Crippen LogP contribution is 2.26. The van der Waals surface area contributed by atoms with Gasteiger partial charge < -0.3 is 26.8 Å². The Morgan fingerprint density at radius 1 is 1.20 bits per heavy atom. The van der Waals surface area contributed by atoms with Gasteiger partial charge in [0.15, 0.2) is 5.75 Å². The molecule has 0 aliphatic rings. The summed E-state index contributed by atoms with van der Waals surface area (Å²) in [7, 11) is 0. The summed E-state index contributed by atoms with van der Waals surface area (Å²) in [5.74, 6) is -2.82. The fourth-order valence-electron chi connectivity index (χ4n) is 1.53. The Hall–Kier alpha value is -3.05. The molecule has 7 N–H and O–H groups in total. The number of Topliss-reactive ketones (excluding diaryl/α,β-unsaturated/α-hetero) is 1. The molecule has 0 heterocycles. The van der Waals surface area contributed by atoms with Gasteiger partial charge in [-0.3, -0.25) is 24.5 Å². The number of phenolic OH excluding ortho intramolecular Hbond substituents is 1. The average Bonchev–Trinajstić information content (AvgIpc) is 2.54. The number of hydrogen-bond donors (Lipinski definition) is 5. The fourth-order valence-corrected chi connectivity index (χ4v) is 1.53. The number of nitro groups is 1. The summed E-state index contributed by atoms with van der Waals surface area (Å²) in [5, 5.41) is 36.3. The van der Waals surface area contributed by atoms with Crippen LogP contribution in [0.3, 0.4) is 0 Å². The molecule has 0 aromatic heterocycles. The number of benzene rings is 1. The Morgan fingerprint density at radius 2 is 1.80 bits per heavy atom. The number of rotatable bonds is 8. The van der Waals surface area contributed by atoms with Crippen molar-refractivity contribution in [3.05, 3.63) is 33.9 Å². The molecule has 1 aromatic rings. The Labute approximate surface area is 142 Å². The molecule has 1 atom stereocenters. The highest BCUT2D eigenvalue weighted by atomic mass is 16.6. The Balaban J connectivity index is 0.000000547. The summed E-state index contributed by atoms with van der Waals surface area (Å²) < 4.78 is 0. The van der Waals surface area contributed by atoms with Crippen LogP contribution in [0.15, 0.2) is 18.2 Å². The number of nitrogens with zero attached hydrogens (tertiary/aromatic N) is 1. The predicted octanol–water partition coefficient (Wildman–Crippen LogP) is -0.366. The van der Waals surface area contributed by atoms with Crippen LogP contribution in [0.2, 0.25) is 0 Å². The molecule has 1 unspecified atom stereocenters. The third kappa shape index (κ3) is 8.98. The minimum Gasteiger partial charge on any atom is -0.502 e. The minimum absolute atomic E-state index is 0.0313. The van der Waals surface area contributed by atoms with Crippen LogP contribution >= 0.6 is 0 Å². The number of aliphatic carboxylic acids is 2. The van der Waals surface area contributed by atoms with E-state index < -0.39 is 34.3 Å². The molecule has 138 valence electrons. The number of carboxylic acids is 2. The lowest BCUT2D eigenvalue weighted by atomic mass is 10.1. The van der Waals surface area contributed by atoms with Crippen molar-refractivity contribution in [2.75, 3.05) is 6.54 Å². The Kier molecular flexibility index (Phi) is 9.37. The summed E-state index contributed by atoms with van der Waals surface area (Å²) in [5.41, 5.74) is 10.1. The normalized spacial score (nSPS) is 11.0. The predicted molar refractivity (Wildman–Crippen MR) is 85.0 cm³/mol. The van der Waals surface area contributed by atoms with Crippen molar-refractivity contribution in [2.24, 2.45) is 11.5 Å². The molecule has 0 amide bonds. The number of carboxylic acid groups (broad SMARTS) is 2. The van der Waals surface area contributed by atoms with Gasteiger partial charge in [0.1, 0.15) is 11.8 Å². The van der Waals surface area contributed by atoms with Crippen LogP contribution in [0.4, 0.5) is 5.69 Å². The number of ketones is 1. The van der Waals surface area contributed by atoms with Crippen LogP contribution in [0, 0.1) is 10.1 Å². The topological polar surface area (TPSA) is 207 Å². The molecule has 25 heavy (non-hydrogen) atoms. The van der Waals surface area contributed by atoms with Crippen LogP contribution in [0.25, 0.3) is 0 Å². The van der Waals surface area contributed by atoms with Crippen molar-refractivity contribution in [3.8, 4) is 5.75 Å². The second-order valence-electron chi connectivity index (χ2n) is 4.87. The second-order valence-corrected chi connectivity index (χ2v) is 4.87. The average molecular weight is 357 g/mol. The van der Waals surface area contributed by atoms with E-state index in [4.69, 9.17) is 26.8 Å². The maximum atomic E-state index is 10.5. The number of phenols is 1. The van der Waals surface area contributed by atoms with E-state index in [2.05, 4.69) is 0 Å². The van der Waals surface area contributed by atoms with Gasteiger partial charge in [-0.25, -0.2) is 0 Å². The van der Waals surface area contributed by atoms with Gasteiger partial charge in [0.25, 0.3) is 0 Å². The summed E-state index contributed by atoms with van der Waals surface area (Å²) in [6.07, 6.45) is -0.0989. The van der Waals surface area contributed by atoms with Gasteiger partial charge in [-0.15, -0.1) is 0 Å². The number of nitrogens with two attached hydrogens (primary N) is 2. The first-order valence-corrected chi connectivity index (χ1v) is 6.96. The smallest absolute Gasteiger partial charge is 0.320 e. The summed E-state index contributed by atoms with van der Waals surface area (Å²) in [4.78, 5) is 40.4. The van der Waals surface area contributed by atoms with Gasteiger partial charge in [-0.05, 0) is 18.1 Å². The molecular weight excluding hydrogens is 338 g/mol. The molecule has 0 spiro atoms. The van der Waals surface area contributed by atoms with Crippen LogP contribution in [0.5, 0.6) is 5.75 Å². The molecule has 11 nitrogen and oxygen atoms in total. The molecule has 1 rings (SSSR count).